The zero-order valence-electron chi connectivity index (χ0n) is 15.6. The standard InChI is InChI=1S/C20H21N3O3S/c1-12(2)21-20(24)25-19-13(3)22-17(27-19)11-10-16-14(4)26-23-18(16)15-8-6-5-7-9-15/h5-12H,1-4H3,(H,21,24)/b11-10+. The third-order valence-corrected chi connectivity index (χ3v) is 4.71. The van der Waals surface area contributed by atoms with Crippen molar-refractivity contribution >= 4 is 29.6 Å². The number of hydrogen-bond donors (Lipinski definition) is 1. The Morgan fingerprint density at radius 2 is 1.96 bits per heavy atom. The summed E-state index contributed by atoms with van der Waals surface area (Å²) in [6.45, 7) is 7.43. The molecule has 0 aliphatic carbocycles. The highest BCUT2D eigenvalue weighted by atomic mass is 32.1. The highest BCUT2D eigenvalue weighted by Crippen LogP contribution is 2.30. The van der Waals surface area contributed by atoms with Gasteiger partial charge in [-0.05, 0) is 39.8 Å². The van der Waals surface area contributed by atoms with Gasteiger partial charge in [-0.15, -0.1) is 0 Å². The maximum Gasteiger partial charge on any atom is 0.413 e. The Bertz CT molecular complexity index is 958. The quantitative estimate of drug-likeness (QED) is 0.665. The molecule has 0 aliphatic heterocycles. The Labute approximate surface area is 161 Å². The molecule has 140 valence electrons. The molecule has 0 spiro atoms. The van der Waals surface area contributed by atoms with E-state index >= 15 is 0 Å². The maximum absolute atomic E-state index is 11.8. The molecule has 1 amide bonds. The predicted octanol–water partition coefficient (Wildman–Crippen LogP) is 5.08. The van der Waals surface area contributed by atoms with Gasteiger partial charge >= 0.3 is 6.09 Å². The van der Waals surface area contributed by atoms with Crippen LogP contribution in [0.1, 0.15) is 35.9 Å². The van der Waals surface area contributed by atoms with Gasteiger partial charge in [-0.3, -0.25) is 0 Å². The van der Waals surface area contributed by atoms with Crippen LogP contribution < -0.4 is 10.1 Å². The van der Waals surface area contributed by atoms with Crippen LogP contribution in [0.3, 0.4) is 0 Å². The van der Waals surface area contributed by atoms with Gasteiger partial charge in [0.05, 0.1) is 5.69 Å². The van der Waals surface area contributed by atoms with Gasteiger partial charge in [0.15, 0.2) is 0 Å². The highest BCUT2D eigenvalue weighted by Gasteiger charge is 2.14. The van der Waals surface area contributed by atoms with Crippen molar-refractivity contribution < 1.29 is 14.1 Å². The fourth-order valence-corrected chi connectivity index (χ4v) is 3.27. The minimum atomic E-state index is -0.478. The number of benzene rings is 1. The van der Waals surface area contributed by atoms with Crippen molar-refractivity contribution in [1.82, 2.24) is 15.5 Å². The van der Waals surface area contributed by atoms with Crippen molar-refractivity contribution in [3.63, 3.8) is 0 Å². The number of aromatic nitrogens is 2. The van der Waals surface area contributed by atoms with E-state index in [2.05, 4.69) is 15.5 Å². The van der Waals surface area contributed by atoms with Crippen LogP contribution in [0.5, 0.6) is 5.06 Å². The average Bonchev–Trinajstić information content (AvgIpc) is 3.16. The number of nitrogens with zero attached hydrogens (tertiary/aromatic N) is 2. The van der Waals surface area contributed by atoms with Crippen LogP contribution in [0.2, 0.25) is 0 Å². The second-order valence-corrected chi connectivity index (χ2v) is 7.31. The van der Waals surface area contributed by atoms with Crippen LogP contribution >= 0.6 is 11.3 Å². The molecule has 2 heterocycles. The Hall–Kier alpha value is -2.93. The Kier molecular flexibility index (Phi) is 5.71. The van der Waals surface area contributed by atoms with Crippen LogP contribution in [-0.4, -0.2) is 22.3 Å². The summed E-state index contributed by atoms with van der Waals surface area (Å²) in [5.74, 6) is 0.728. The average molecular weight is 383 g/mol. The van der Waals surface area contributed by atoms with Crippen LogP contribution in [0.4, 0.5) is 4.79 Å². The zero-order chi connectivity index (χ0) is 19.4. The summed E-state index contributed by atoms with van der Waals surface area (Å²) in [7, 11) is 0. The summed E-state index contributed by atoms with van der Waals surface area (Å²) in [6, 6.07) is 9.87. The highest BCUT2D eigenvalue weighted by molar-refractivity contribution is 7.14. The van der Waals surface area contributed by atoms with E-state index in [4.69, 9.17) is 9.26 Å². The van der Waals surface area contributed by atoms with E-state index in [1.165, 1.54) is 11.3 Å². The summed E-state index contributed by atoms with van der Waals surface area (Å²) in [5, 5.41) is 8.08. The number of thiazole rings is 1. The summed E-state index contributed by atoms with van der Waals surface area (Å²) in [5.41, 5.74) is 3.34. The van der Waals surface area contributed by atoms with Crippen LogP contribution in [0, 0.1) is 13.8 Å². The molecular formula is C20H21N3O3S. The SMILES string of the molecule is Cc1nc(/C=C/c2c(-c3ccccc3)noc2C)sc1OC(=O)NC(C)C. The van der Waals surface area contributed by atoms with Gasteiger partial charge in [-0.2, -0.15) is 0 Å². The van der Waals surface area contributed by atoms with Crippen molar-refractivity contribution in [1.29, 1.82) is 0 Å². The molecule has 0 fully saturated rings. The summed E-state index contributed by atoms with van der Waals surface area (Å²) in [6.07, 6.45) is 3.31. The third-order valence-electron chi connectivity index (χ3n) is 3.71. The first kappa shape index (κ1) is 18.8. The van der Waals surface area contributed by atoms with Crippen molar-refractivity contribution in [3.8, 4) is 16.3 Å². The van der Waals surface area contributed by atoms with E-state index in [1.54, 1.807) is 0 Å². The second-order valence-electron chi connectivity index (χ2n) is 6.31. The largest absolute Gasteiger partial charge is 0.413 e. The Morgan fingerprint density at radius 3 is 2.67 bits per heavy atom. The number of carbonyl (C=O) groups is 1. The lowest BCUT2D eigenvalue weighted by Crippen LogP contribution is -2.32. The van der Waals surface area contributed by atoms with Crippen molar-refractivity contribution in [2.45, 2.75) is 33.7 Å². The first-order chi connectivity index (χ1) is 12.9. The van der Waals surface area contributed by atoms with Crippen LogP contribution in [0.15, 0.2) is 34.9 Å². The molecule has 6 nitrogen and oxygen atoms in total. The lowest BCUT2D eigenvalue weighted by molar-refractivity contribution is 0.199. The molecule has 3 aromatic rings. The van der Waals surface area contributed by atoms with Crippen molar-refractivity contribution in [2.75, 3.05) is 0 Å². The van der Waals surface area contributed by atoms with E-state index in [0.29, 0.717) is 10.8 Å². The van der Waals surface area contributed by atoms with Crippen LogP contribution in [0.25, 0.3) is 23.4 Å². The lowest BCUT2D eigenvalue weighted by atomic mass is 10.1. The molecule has 27 heavy (non-hydrogen) atoms. The minimum Gasteiger partial charge on any atom is -0.397 e. The Morgan fingerprint density at radius 1 is 1.22 bits per heavy atom. The molecule has 0 aliphatic rings. The van der Waals surface area contributed by atoms with Gasteiger partial charge in [0.2, 0.25) is 5.06 Å². The zero-order valence-corrected chi connectivity index (χ0v) is 16.5. The third kappa shape index (κ3) is 4.62. The minimum absolute atomic E-state index is 0.0121. The van der Waals surface area contributed by atoms with Gasteiger partial charge in [-0.1, -0.05) is 46.8 Å². The van der Waals surface area contributed by atoms with Crippen molar-refractivity contribution in [2.24, 2.45) is 0 Å². The Balaban J connectivity index is 1.81. The fourth-order valence-electron chi connectivity index (χ4n) is 2.45. The number of amides is 1. The first-order valence-electron chi connectivity index (χ1n) is 8.59. The van der Waals surface area contributed by atoms with Gasteiger partial charge in [0, 0.05) is 17.2 Å². The molecule has 1 aromatic carbocycles. The first-order valence-corrected chi connectivity index (χ1v) is 9.41. The number of hydrogen-bond acceptors (Lipinski definition) is 6. The molecule has 0 saturated carbocycles. The van der Waals surface area contributed by atoms with E-state index in [1.807, 2.05) is 70.2 Å². The summed E-state index contributed by atoms with van der Waals surface area (Å²) in [4.78, 5) is 16.2. The molecule has 7 heteroatoms. The van der Waals surface area contributed by atoms with Gasteiger partial charge in [0.25, 0.3) is 0 Å². The maximum atomic E-state index is 11.8. The molecule has 3 rings (SSSR count). The molecular weight excluding hydrogens is 362 g/mol. The molecule has 0 atom stereocenters. The van der Waals surface area contributed by atoms with Crippen LogP contribution in [-0.2, 0) is 0 Å². The molecule has 0 unspecified atom stereocenters. The van der Waals surface area contributed by atoms with Gasteiger partial charge in [0.1, 0.15) is 16.5 Å². The molecule has 2 aromatic heterocycles. The lowest BCUT2D eigenvalue weighted by Gasteiger charge is -2.07. The smallest absolute Gasteiger partial charge is 0.397 e. The molecule has 0 saturated heterocycles. The summed E-state index contributed by atoms with van der Waals surface area (Å²) >= 11 is 1.31. The molecule has 1 N–H and O–H groups in total. The molecule has 0 radical (unpaired) electrons. The summed E-state index contributed by atoms with van der Waals surface area (Å²) < 4.78 is 10.7. The second kappa shape index (κ2) is 8.18. The fraction of sp³-hybridized carbons (Fsp3) is 0.250. The number of ether oxygens (including phenoxy) is 1. The van der Waals surface area contributed by atoms with Crippen molar-refractivity contribution in [3.05, 3.63) is 52.4 Å². The van der Waals surface area contributed by atoms with E-state index in [-0.39, 0.29) is 6.04 Å². The molecule has 0 bridgehead atoms. The number of nitrogens with one attached hydrogen (secondary N) is 1. The normalized spacial score (nSPS) is 11.3. The number of carbonyl (C=O) groups excluding carboxylic acids is 1. The topological polar surface area (TPSA) is 77.2 Å². The van der Waals surface area contributed by atoms with E-state index < -0.39 is 6.09 Å². The predicted molar refractivity (Wildman–Crippen MR) is 107 cm³/mol. The number of rotatable bonds is 5. The van der Waals surface area contributed by atoms with E-state index in [0.717, 1.165) is 27.6 Å². The van der Waals surface area contributed by atoms with Gasteiger partial charge < -0.3 is 14.6 Å². The number of aryl methyl sites for hydroxylation is 2. The monoisotopic (exact) mass is 383 g/mol. The van der Waals surface area contributed by atoms with E-state index in [9.17, 15) is 4.79 Å². The van der Waals surface area contributed by atoms with Gasteiger partial charge in [-0.25, -0.2) is 9.78 Å².